The topological polar surface area (TPSA) is 59.4 Å². The standard InChI is InChI=1S/C12H11NO3S/c1-7-10(14)13-11(17-7)8-3-5-9(6-4-8)12(15)16-2/h3-6,14H,1-2H3. The van der Waals surface area contributed by atoms with Gasteiger partial charge in [0.1, 0.15) is 5.01 Å². The Bertz CT molecular complexity index is 526. The number of aromatic nitrogens is 1. The first kappa shape index (κ1) is 11.6. The maximum Gasteiger partial charge on any atom is 0.337 e. The third-order valence-corrected chi connectivity index (χ3v) is 3.33. The van der Waals surface area contributed by atoms with Gasteiger partial charge in [-0.25, -0.2) is 9.78 Å². The quantitative estimate of drug-likeness (QED) is 0.831. The Hall–Kier alpha value is -1.88. The van der Waals surface area contributed by atoms with Gasteiger partial charge in [0.05, 0.1) is 17.6 Å². The Morgan fingerprint density at radius 3 is 2.47 bits per heavy atom. The van der Waals surface area contributed by atoms with Crippen LogP contribution in [0.1, 0.15) is 15.2 Å². The van der Waals surface area contributed by atoms with Gasteiger partial charge in [-0.05, 0) is 19.1 Å². The van der Waals surface area contributed by atoms with Crippen LogP contribution in [0.3, 0.4) is 0 Å². The lowest BCUT2D eigenvalue weighted by Crippen LogP contribution is -2.00. The molecule has 88 valence electrons. The van der Waals surface area contributed by atoms with Crippen molar-refractivity contribution in [1.82, 2.24) is 4.98 Å². The lowest BCUT2D eigenvalue weighted by molar-refractivity contribution is 0.0601. The van der Waals surface area contributed by atoms with E-state index in [9.17, 15) is 9.90 Å². The number of methoxy groups -OCH3 is 1. The number of hydrogen-bond donors (Lipinski definition) is 1. The van der Waals surface area contributed by atoms with Crippen LogP contribution in [0, 0.1) is 6.92 Å². The number of aromatic hydroxyl groups is 1. The van der Waals surface area contributed by atoms with E-state index in [4.69, 9.17) is 0 Å². The first-order valence-corrected chi connectivity index (χ1v) is 5.78. The Kier molecular flexibility index (Phi) is 3.10. The van der Waals surface area contributed by atoms with E-state index >= 15 is 0 Å². The Morgan fingerprint density at radius 2 is 2.00 bits per heavy atom. The van der Waals surface area contributed by atoms with Crippen molar-refractivity contribution < 1.29 is 14.6 Å². The lowest BCUT2D eigenvalue weighted by Gasteiger charge is -2.00. The number of aryl methyl sites for hydroxylation is 1. The largest absolute Gasteiger partial charge is 0.492 e. The summed E-state index contributed by atoms with van der Waals surface area (Å²) in [6.07, 6.45) is 0. The normalized spacial score (nSPS) is 10.2. The van der Waals surface area contributed by atoms with Gasteiger partial charge in [0.15, 0.2) is 0 Å². The highest BCUT2D eigenvalue weighted by molar-refractivity contribution is 7.15. The molecular formula is C12H11NO3S. The van der Waals surface area contributed by atoms with Crippen molar-refractivity contribution >= 4 is 17.3 Å². The fraction of sp³-hybridized carbons (Fsp3) is 0.167. The molecule has 17 heavy (non-hydrogen) atoms. The van der Waals surface area contributed by atoms with E-state index in [1.165, 1.54) is 18.4 Å². The van der Waals surface area contributed by atoms with Crippen molar-refractivity contribution in [3.63, 3.8) is 0 Å². The molecule has 1 N–H and O–H groups in total. The van der Waals surface area contributed by atoms with Gasteiger partial charge in [-0.3, -0.25) is 0 Å². The van der Waals surface area contributed by atoms with Gasteiger partial charge >= 0.3 is 5.97 Å². The van der Waals surface area contributed by atoms with Crippen molar-refractivity contribution in [3.8, 4) is 16.5 Å². The van der Waals surface area contributed by atoms with E-state index < -0.39 is 0 Å². The maximum atomic E-state index is 11.2. The summed E-state index contributed by atoms with van der Waals surface area (Å²) in [6, 6.07) is 6.91. The van der Waals surface area contributed by atoms with Crippen LogP contribution in [0.5, 0.6) is 5.88 Å². The summed E-state index contributed by atoms with van der Waals surface area (Å²) in [5.41, 5.74) is 1.36. The number of esters is 1. The van der Waals surface area contributed by atoms with Gasteiger partial charge in [-0.1, -0.05) is 12.1 Å². The fourth-order valence-electron chi connectivity index (χ4n) is 1.38. The Balaban J connectivity index is 2.32. The number of carbonyl (C=O) groups is 1. The number of hydrogen-bond acceptors (Lipinski definition) is 5. The molecule has 0 bridgehead atoms. The molecule has 0 aliphatic rings. The highest BCUT2D eigenvalue weighted by Crippen LogP contribution is 2.30. The molecule has 1 aromatic heterocycles. The molecule has 0 aliphatic carbocycles. The van der Waals surface area contributed by atoms with E-state index in [1.807, 2.05) is 0 Å². The molecular weight excluding hydrogens is 238 g/mol. The second kappa shape index (κ2) is 4.55. The molecule has 2 aromatic rings. The molecule has 0 spiro atoms. The third kappa shape index (κ3) is 2.29. The van der Waals surface area contributed by atoms with Crippen molar-refractivity contribution in [3.05, 3.63) is 34.7 Å². The minimum atomic E-state index is -0.366. The predicted molar refractivity (Wildman–Crippen MR) is 65.3 cm³/mol. The van der Waals surface area contributed by atoms with Crippen molar-refractivity contribution in [1.29, 1.82) is 0 Å². The van der Waals surface area contributed by atoms with Gasteiger partial charge in [0.25, 0.3) is 0 Å². The molecule has 0 saturated carbocycles. The van der Waals surface area contributed by atoms with Crippen molar-refractivity contribution in [2.75, 3.05) is 7.11 Å². The molecule has 2 rings (SSSR count). The molecule has 0 unspecified atom stereocenters. The summed E-state index contributed by atoms with van der Waals surface area (Å²) < 4.78 is 4.61. The molecule has 0 amide bonds. The van der Waals surface area contributed by atoms with E-state index in [0.717, 1.165) is 15.4 Å². The second-order valence-corrected chi connectivity index (χ2v) is 4.67. The van der Waals surface area contributed by atoms with Gasteiger partial charge in [-0.15, -0.1) is 11.3 Å². The zero-order valence-electron chi connectivity index (χ0n) is 9.43. The summed E-state index contributed by atoms with van der Waals surface area (Å²) in [7, 11) is 1.35. The van der Waals surface area contributed by atoms with Crippen LogP contribution < -0.4 is 0 Å². The Labute approximate surface area is 103 Å². The van der Waals surface area contributed by atoms with Gasteiger partial charge in [0, 0.05) is 5.56 Å². The smallest absolute Gasteiger partial charge is 0.337 e. The average molecular weight is 249 g/mol. The minimum absolute atomic E-state index is 0.0574. The zero-order valence-corrected chi connectivity index (χ0v) is 10.2. The summed E-state index contributed by atoms with van der Waals surface area (Å²) in [4.78, 5) is 16.1. The fourth-order valence-corrected chi connectivity index (χ4v) is 2.19. The van der Waals surface area contributed by atoms with E-state index in [1.54, 1.807) is 31.2 Å². The van der Waals surface area contributed by atoms with Gasteiger partial charge in [0.2, 0.25) is 5.88 Å². The molecule has 1 heterocycles. The SMILES string of the molecule is COC(=O)c1ccc(-c2nc(O)c(C)s2)cc1. The number of ether oxygens (including phenoxy) is 1. The second-order valence-electron chi connectivity index (χ2n) is 3.47. The van der Waals surface area contributed by atoms with Crippen LogP contribution in [-0.4, -0.2) is 23.2 Å². The molecule has 0 atom stereocenters. The van der Waals surface area contributed by atoms with Crippen LogP contribution in [0.2, 0.25) is 0 Å². The number of thiazole rings is 1. The highest BCUT2D eigenvalue weighted by Gasteiger charge is 2.09. The summed E-state index contributed by atoms with van der Waals surface area (Å²) in [5, 5.41) is 10.1. The third-order valence-electron chi connectivity index (χ3n) is 2.33. The van der Waals surface area contributed by atoms with Crippen LogP contribution in [0.25, 0.3) is 10.6 Å². The lowest BCUT2D eigenvalue weighted by atomic mass is 10.1. The first-order chi connectivity index (χ1) is 8.11. The van der Waals surface area contributed by atoms with Crippen molar-refractivity contribution in [2.24, 2.45) is 0 Å². The summed E-state index contributed by atoms with van der Waals surface area (Å²) in [5.74, 6) is -0.309. The average Bonchev–Trinajstić information content (AvgIpc) is 2.69. The molecule has 5 heteroatoms. The van der Waals surface area contributed by atoms with E-state index in [0.29, 0.717) is 5.56 Å². The first-order valence-electron chi connectivity index (χ1n) is 4.97. The number of nitrogens with zero attached hydrogens (tertiary/aromatic N) is 1. The summed E-state index contributed by atoms with van der Waals surface area (Å²) in [6.45, 7) is 1.80. The highest BCUT2D eigenvalue weighted by atomic mass is 32.1. The van der Waals surface area contributed by atoms with Crippen LogP contribution in [0.4, 0.5) is 0 Å². The molecule has 0 fully saturated rings. The van der Waals surface area contributed by atoms with Crippen LogP contribution in [-0.2, 0) is 4.74 Å². The van der Waals surface area contributed by atoms with E-state index in [2.05, 4.69) is 9.72 Å². The van der Waals surface area contributed by atoms with Gasteiger partial charge in [-0.2, -0.15) is 0 Å². The molecule has 0 aliphatic heterocycles. The zero-order chi connectivity index (χ0) is 12.4. The minimum Gasteiger partial charge on any atom is -0.492 e. The number of carbonyl (C=O) groups excluding carboxylic acids is 1. The number of benzene rings is 1. The molecule has 4 nitrogen and oxygen atoms in total. The Morgan fingerprint density at radius 1 is 1.35 bits per heavy atom. The number of rotatable bonds is 2. The predicted octanol–water partition coefficient (Wildman–Crippen LogP) is 2.61. The van der Waals surface area contributed by atoms with Crippen molar-refractivity contribution in [2.45, 2.75) is 6.92 Å². The van der Waals surface area contributed by atoms with E-state index in [-0.39, 0.29) is 11.8 Å². The summed E-state index contributed by atoms with van der Waals surface area (Å²) >= 11 is 1.41. The molecule has 0 saturated heterocycles. The molecule has 0 radical (unpaired) electrons. The monoisotopic (exact) mass is 249 g/mol. The molecule has 1 aromatic carbocycles. The maximum absolute atomic E-state index is 11.2. The van der Waals surface area contributed by atoms with Gasteiger partial charge < -0.3 is 9.84 Å². The van der Waals surface area contributed by atoms with Crippen LogP contribution >= 0.6 is 11.3 Å². The van der Waals surface area contributed by atoms with Crippen LogP contribution in [0.15, 0.2) is 24.3 Å².